The van der Waals surface area contributed by atoms with Gasteiger partial charge in [-0.1, -0.05) is 0 Å². The van der Waals surface area contributed by atoms with Crippen LogP contribution in [0.4, 0.5) is 19.0 Å². The summed E-state index contributed by atoms with van der Waals surface area (Å²) in [5.41, 5.74) is 5.05. The van der Waals surface area contributed by atoms with Crippen molar-refractivity contribution in [2.75, 3.05) is 57.8 Å². The maximum atomic E-state index is 12.5. The Bertz CT molecular complexity index is 579. The molecule has 1 aromatic rings. The number of anilines is 1. The molecular weight excluding hydrogens is 488 g/mol. The van der Waals surface area contributed by atoms with Crippen LogP contribution in [0.3, 0.4) is 0 Å². The average Bonchev–Trinajstić information content (AvgIpc) is 2.65. The Balaban J connectivity index is 0.00000392. The number of aromatic nitrogens is 1. The minimum absolute atomic E-state index is 0. The SMILES string of the molecule is I.NC(=NCCCNc1ccc(C(F)(F)F)cn1)NCCCN1CCOCC1. The smallest absolute Gasteiger partial charge is 0.379 e. The molecular formula is C17H28F3IN6O. The van der Waals surface area contributed by atoms with Gasteiger partial charge in [0, 0.05) is 38.9 Å². The summed E-state index contributed by atoms with van der Waals surface area (Å²) < 4.78 is 42.7. The van der Waals surface area contributed by atoms with Crippen molar-refractivity contribution in [3.8, 4) is 0 Å². The molecule has 1 aromatic heterocycles. The van der Waals surface area contributed by atoms with Crippen LogP contribution >= 0.6 is 24.0 Å². The number of ether oxygens (including phenoxy) is 1. The molecule has 0 saturated carbocycles. The lowest BCUT2D eigenvalue weighted by atomic mass is 10.3. The third kappa shape index (κ3) is 9.73. The molecule has 28 heavy (non-hydrogen) atoms. The van der Waals surface area contributed by atoms with Crippen LogP contribution in [0.5, 0.6) is 0 Å². The van der Waals surface area contributed by atoms with Crippen molar-refractivity contribution in [3.63, 3.8) is 0 Å². The number of halogens is 4. The van der Waals surface area contributed by atoms with E-state index < -0.39 is 11.7 Å². The number of guanidine groups is 1. The summed E-state index contributed by atoms with van der Waals surface area (Å²) in [4.78, 5) is 10.3. The number of nitrogens with zero attached hydrogens (tertiary/aromatic N) is 3. The van der Waals surface area contributed by atoms with Gasteiger partial charge in [0.25, 0.3) is 0 Å². The van der Waals surface area contributed by atoms with E-state index in [-0.39, 0.29) is 24.0 Å². The van der Waals surface area contributed by atoms with Crippen molar-refractivity contribution >= 4 is 35.8 Å². The van der Waals surface area contributed by atoms with Gasteiger partial charge in [0.2, 0.25) is 0 Å². The van der Waals surface area contributed by atoms with E-state index >= 15 is 0 Å². The molecule has 0 aliphatic carbocycles. The number of nitrogens with two attached hydrogens (primary N) is 1. The van der Waals surface area contributed by atoms with E-state index in [0.29, 0.717) is 31.3 Å². The van der Waals surface area contributed by atoms with Gasteiger partial charge in [0.1, 0.15) is 5.82 Å². The number of aliphatic imine (C=N–C) groups is 1. The highest BCUT2D eigenvalue weighted by molar-refractivity contribution is 14.0. The highest BCUT2D eigenvalue weighted by atomic mass is 127. The van der Waals surface area contributed by atoms with Crippen molar-refractivity contribution in [3.05, 3.63) is 23.9 Å². The van der Waals surface area contributed by atoms with Gasteiger partial charge < -0.3 is 21.1 Å². The normalized spacial score (nSPS) is 15.8. The molecule has 160 valence electrons. The van der Waals surface area contributed by atoms with E-state index in [1.165, 1.54) is 6.07 Å². The maximum absolute atomic E-state index is 12.5. The fraction of sp³-hybridized carbons (Fsp3) is 0.647. The van der Waals surface area contributed by atoms with Gasteiger partial charge in [0.05, 0.1) is 18.8 Å². The quantitative estimate of drug-likeness (QED) is 0.202. The van der Waals surface area contributed by atoms with Gasteiger partial charge in [-0.15, -0.1) is 24.0 Å². The summed E-state index contributed by atoms with van der Waals surface area (Å²) >= 11 is 0. The number of alkyl halides is 3. The molecule has 1 fully saturated rings. The van der Waals surface area contributed by atoms with Crippen molar-refractivity contribution < 1.29 is 17.9 Å². The Kier molecular flexibility index (Phi) is 11.5. The van der Waals surface area contributed by atoms with E-state index in [4.69, 9.17) is 10.5 Å². The zero-order valence-corrected chi connectivity index (χ0v) is 18.0. The second-order valence-corrected chi connectivity index (χ2v) is 6.21. The van der Waals surface area contributed by atoms with Gasteiger partial charge >= 0.3 is 6.18 Å². The monoisotopic (exact) mass is 516 g/mol. The second kappa shape index (κ2) is 13.0. The van der Waals surface area contributed by atoms with E-state index in [9.17, 15) is 13.2 Å². The number of rotatable bonds is 9. The third-order valence-electron chi connectivity index (χ3n) is 4.07. The van der Waals surface area contributed by atoms with Crippen LogP contribution in [0.1, 0.15) is 18.4 Å². The Morgan fingerprint density at radius 2 is 1.96 bits per heavy atom. The molecule has 0 bridgehead atoms. The summed E-state index contributed by atoms with van der Waals surface area (Å²) in [5, 5.41) is 6.04. The third-order valence-corrected chi connectivity index (χ3v) is 4.07. The Morgan fingerprint density at radius 1 is 1.21 bits per heavy atom. The van der Waals surface area contributed by atoms with Crippen LogP contribution in [0.15, 0.2) is 23.3 Å². The van der Waals surface area contributed by atoms with E-state index in [2.05, 4.69) is 25.5 Å². The van der Waals surface area contributed by atoms with Crippen LogP contribution in [0.2, 0.25) is 0 Å². The number of morpholine rings is 1. The van der Waals surface area contributed by atoms with Crippen LogP contribution in [0.25, 0.3) is 0 Å². The Morgan fingerprint density at radius 3 is 2.61 bits per heavy atom. The van der Waals surface area contributed by atoms with E-state index in [1.807, 2.05) is 0 Å². The lowest BCUT2D eigenvalue weighted by Crippen LogP contribution is -2.39. The summed E-state index contributed by atoms with van der Waals surface area (Å²) in [6, 6.07) is 2.32. The van der Waals surface area contributed by atoms with Gasteiger partial charge in [-0.05, 0) is 31.5 Å². The molecule has 0 unspecified atom stereocenters. The lowest BCUT2D eigenvalue weighted by Gasteiger charge is -2.26. The molecule has 0 spiro atoms. The summed E-state index contributed by atoms with van der Waals surface area (Å²) in [5.74, 6) is 0.811. The predicted octanol–water partition coefficient (Wildman–Crippen LogP) is 2.15. The van der Waals surface area contributed by atoms with E-state index in [1.54, 1.807) is 0 Å². The molecule has 7 nitrogen and oxygen atoms in total. The first-order valence-electron chi connectivity index (χ1n) is 9.06. The summed E-state index contributed by atoms with van der Waals surface area (Å²) in [7, 11) is 0. The molecule has 2 heterocycles. The van der Waals surface area contributed by atoms with Gasteiger partial charge in [-0.2, -0.15) is 13.2 Å². The van der Waals surface area contributed by atoms with Crippen LogP contribution < -0.4 is 16.4 Å². The topological polar surface area (TPSA) is 87.8 Å². The van der Waals surface area contributed by atoms with Gasteiger partial charge in [-0.25, -0.2) is 4.98 Å². The molecule has 0 amide bonds. The first kappa shape index (κ1) is 24.7. The Hall–Kier alpha value is -1.34. The van der Waals surface area contributed by atoms with Crippen molar-refractivity contribution in [2.45, 2.75) is 19.0 Å². The molecule has 1 aliphatic heterocycles. The van der Waals surface area contributed by atoms with E-state index in [0.717, 1.165) is 58.1 Å². The maximum Gasteiger partial charge on any atom is 0.417 e. The number of nitrogens with one attached hydrogen (secondary N) is 2. The zero-order valence-electron chi connectivity index (χ0n) is 15.7. The minimum atomic E-state index is -4.37. The van der Waals surface area contributed by atoms with Crippen LogP contribution in [0, 0.1) is 0 Å². The van der Waals surface area contributed by atoms with Crippen LogP contribution in [-0.4, -0.2) is 68.3 Å². The molecule has 0 radical (unpaired) electrons. The molecule has 0 aromatic carbocycles. The molecule has 1 saturated heterocycles. The standard InChI is InChI=1S/C17H27F3N6O.HI/c18-17(19,20)14-3-4-15(25-13-14)22-5-1-6-23-16(21)24-7-2-8-26-9-11-27-12-10-26;/h3-4,13H,1-2,5-12H2,(H,22,25)(H3,21,23,24);1H. The number of pyridine rings is 1. The first-order valence-corrected chi connectivity index (χ1v) is 9.06. The first-order chi connectivity index (χ1) is 12.9. The van der Waals surface area contributed by atoms with Crippen molar-refractivity contribution in [1.29, 1.82) is 0 Å². The number of hydrogen-bond donors (Lipinski definition) is 3. The van der Waals surface area contributed by atoms with Gasteiger partial charge in [0.15, 0.2) is 5.96 Å². The largest absolute Gasteiger partial charge is 0.417 e. The molecule has 2 rings (SSSR count). The highest BCUT2D eigenvalue weighted by Gasteiger charge is 2.30. The second-order valence-electron chi connectivity index (χ2n) is 6.21. The summed E-state index contributed by atoms with van der Waals surface area (Å²) in [6.07, 6.45) is -1.87. The summed E-state index contributed by atoms with van der Waals surface area (Å²) in [6.45, 7) is 6.39. The number of hydrogen-bond acceptors (Lipinski definition) is 5. The highest BCUT2D eigenvalue weighted by Crippen LogP contribution is 2.28. The lowest BCUT2D eigenvalue weighted by molar-refractivity contribution is -0.137. The molecule has 0 atom stereocenters. The Labute approximate surface area is 180 Å². The van der Waals surface area contributed by atoms with Crippen LogP contribution in [-0.2, 0) is 10.9 Å². The van der Waals surface area contributed by atoms with Gasteiger partial charge in [-0.3, -0.25) is 9.89 Å². The molecule has 1 aliphatic rings. The fourth-order valence-electron chi connectivity index (χ4n) is 2.56. The predicted molar refractivity (Wildman–Crippen MR) is 114 cm³/mol. The van der Waals surface area contributed by atoms with Crippen molar-refractivity contribution in [1.82, 2.24) is 15.2 Å². The fourth-order valence-corrected chi connectivity index (χ4v) is 2.56. The zero-order chi connectivity index (χ0) is 19.5. The molecule has 11 heteroatoms. The van der Waals surface area contributed by atoms with Crippen molar-refractivity contribution in [2.24, 2.45) is 10.7 Å². The molecule has 4 N–H and O–H groups in total. The average molecular weight is 516 g/mol. The minimum Gasteiger partial charge on any atom is -0.379 e.